The minimum atomic E-state index is -0.523. The summed E-state index contributed by atoms with van der Waals surface area (Å²) in [5, 5.41) is 8.05. The number of anilines is 1. The van der Waals surface area contributed by atoms with Crippen LogP contribution in [0.15, 0.2) is 24.3 Å². The zero-order valence-corrected chi connectivity index (χ0v) is 14.6. The fraction of sp³-hybridized carbons (Fsp3) is 0.556. The first-order valence-electron chi connectivity index (χ1n) is 8.48. The van der Waals surface area contributed by atoms with E-state index >= 15 is 0 Å². The number of carbonyl (C=O) groups is 2. The van der Waals surface area contributed by atoms with Gasteiger partial charge in [0, 0.05) is 18.3 Å². The van der Waals surface area contributed by atoms with Gasteiger partial charge in [0.15, 0.2) is 0 Å². The predicted molar refractivity (Wildman–Crippen MR) is 93.7 cm³/mol. The molecule has 0 heterocycles. The van der Waals surface area contributed by atoms with Gasteiger partial charge in [-0.05, 0) is 57.2 Å². The number of nitrogens with one attached hydrogen (secondary N) is 3. The maximum absolute atomic E-state index is 12.0. The van der Waals surface area contributed by atoms with Gasteiger partial charge in [-0.1, -0.05) is 12.1 Å². The average Bonchev–Trinajstić information content (AvgIpc) is 3.31. The van der Waals surface area contributed by atoms with Crippen LogP contribution in [-0.4, -0.2) is 30.6 Å². The first-order chi connectivity index (χ1) is 11.4. The van der Waals surface area contributed by atoms with Crippen LogP contribution in [0.25, 0.3) is 0 Å². The molecule has 132 valence electrons. The lowest BCUT2D eigenvalue weighted by atomic mass is 10.2. The number of hydrogen-bond donors (Lipinski definition) is 3. The molecule has 3 amide bonds. The van der Waals surface area contributed by atoms with Gasteiger partial charge in [-0.3, -0.25) is 10.1 Å². The lowest BCUT2D eigenvalue weighted by Crippen LogP contribution is -2.47. The van der Waals surface area contributed by atoms with E-state index in [0.717, 1.165) is 23.8 Å². The topological polar surface area (TPSA) is 79.5 Å². The molecule has 1 aliphatic carbocycles. The normalized spacial score (nSPS) is 15.0. The van der Waals surface area contributed by atoms with Crippen molar-refractivity contribution in [3.63, 3.8) is 0 Å². The van der Waals surface area contributed by atoms with E-state index in [1.165, 1.54) is 12.8 Å². The van der Waals surface area contributed by atoms with Gasteiger partial charge in [0.25, 0.3) is 0 Å². The quantitative estimate of drug-likeness (QED) is 0.683. The molecule has 2 rings (SSSR count). The third-order valence-electron chi connectivity index (χ3n) is 3.68. The summed E-state index contributed by atoms with van der Waals surface area (Å²) in [5.41, 5.74) is 1.89. The molecule has 0 aliphatic heterocycles. The molecule has 1 atom stereocenters. The predicted octanol–water partition coefficient (Wildman–Crippen LogP) is 2.65. The molecule has 24 heavy (non-hydrogen) atoms. The Morgan fingerprint density at radius 1 is 1.25 bits per heavy atom. The molecule has 6 heteroatoms. The maximum atomic E-state index is 12.0. The molecule has 1 aromatic carbocycles. The molecule has 6 nitrogen and oxygen atoms in total. The van der Waals surface area contributed by atoms with Crippen molar-refractivity contribution in [2.45, 2.75) is 52.3 Å². The number of imide groups is 1. The highest BCUT2D eigenvalue weighted by Crippen LogP contribution is 2.29. The van der Waals surface area contributed by atoms with Crippen molar-refractivity contribution < 1.29 is 14.3 Å². The molecular formula is C18H27N3O3. The number of benzene rings is 1. The summed E-state index contributed by atoms with van der Waals surface area (Å²) >= 11 is 0. The van der Waals surface area contributed by atoms with Crippen LogP contribution in [-0.2, 0) is 16.1 Å². The van der Waals surface area contributed by atoms with Crippen LogP contribution in [0.3, 0.4) is 0 Å². The van der Waals surface area contributed by atoms with E-state index < -0.39 is 12.1 Å². The number of ether oxygens (including phenoxy) is 1. The molecule has 1 aliphatic rings. The van der Waals surface area contributed by atoms with Crippen molar-refractivity contribution in [2.24, 2.45) is 5.92 Å². The Balaban J connectivity index is 1.80. The standard InChI is InChI=1S/C18H27N3O3/c1-12(2)19-18(23)21-17(22)13(3)20-16-6-4-5-15(9-16)11-24-10-14-7-8-14/h4-6,9,12-14,20H,7-8,10-11H2,1-3H3,(H2,19,21,22,23). The van der Waals surface area contributed by atoms with Crippen LogP contribution in [0.2, 0.25) is 0 Å². The van der Waals surface area contributed by atoms with Crippen molar-refractivity contribution in [3.05, 3.63) is 29.8 Å². The Kier molecular flexibility index (Phi) is 6.61. The summed E-state index contributed by atoms with van der Waals surface area (Å²) in [4.78, 5) is 23.6. The summed E-state index contributed by atoms with van der Waals surface area (Å²) in [6.45, 7) is 6.78. The van der Waals surface area contributed by atoms with Crippen molar-refractivity contribution in [2.75, 3.05) is 11.9 Å². The minimum Gasteiger partial charge on any atom is -0.376 e. The maximum Gasteiger partial charge on any atom is 0.321 e. The Hall–Kier alpha value is -2.08. The summed E-state index contributed by atoms with van der Waals surface area (Å²) < 4.78 is 5.68. The fourth-order valence-corrected chi connectivity index (χ4v) is 2.21. The van der Waals surface area contributed by atoms with Crippen molar-refractivity contribution in [1.29, 1.82) is 0 Å². The first kappa shape index (κ1) is 18.3. The third kappa shape index (κ3) is 6.58. The van der Waals surface area contributed by atoms with Crippen LogP contribution < -0.4 is 16.0 Å². The Morgan fingerprint density at radius 2 is 2.00 bits per heavy atom. The molecule has 1 saturated carbocycles. The van der Waals surface area contributed by atoms with E-state index in [2.05, 4.69) is 16.0 Å². The highest BCUT2D eigenvalue weighted by molar-refractivity contribution is 5.98. The second kappa shape index (κ2) is 8.68. The number of amides is 3. The second-order valence-corrected chi connectivity index (χ2v) is 6.64. The molecule has 0 radical (unpaired) electrons. The van der Waals surface area contributed by atoms with Crippen LogP contribution in [0.5, 0.6) is 0 Å². The van der Waals surface area contributed by atoms with Crippen molar-refractivity contribution in [3.8, 4) is 0 Å². The largest absolute Gasteiger partial charge is 0.376 e. The van der Waals surface area contributed by atoms with E-state index in [0.29, 0.717) is 6.61 Å². The third-order valence-corrected chi connectivity index (χ3v) is 3.68. The molecule has 1 aromatic rings. The van der Waals surface area contributed by atoms with Crippen LogP contribution >= 0.6 is 0 Å². The SMILES string of the molecule is CC(C)NC(=O)NC(=O)C(C)Nc1cccc(COCC2CC2)c1. The van der Waals surface area contributed by atoms with Gasteiger partial charge in [-0.15, -0.1) is 0 Å². The molecule has 1 fully saturated rings. The Bertz CT molecular complexity index is 570. The van der Waals surface area contributed by atoms with Gasteiger partial charge in [0.05, 0.1) is 6.61 Å². The summed E-state index contributed by atoms with van der Waals surface area (Å²) in [7, 11) is 0. The van der Waals surface area contributed by atoms with Gasteiger partial charge in [0.1, 0.15) is 6.04 Å². The molecule has 0 saturated heterocycles. The average molecular weight is 333 g/mol. The van der Waals surface area contributed by atoms with E-state index in [1.807, 2.05) is 38.1 Å². The number of hydrogen-bond acceptors (Lipinski definition) is 4. The van der Waals surface area contributed by atoms with E-state index in [-0.39, 0.29) is 11.9 Å². The van der Waals surface area contributed by atoms with Gasteiger partial charge >= 0.3 is 6.03 Å². The fourth-order valence-electron chi connectivity index (χ4n) is 2.21. The van der Waals surface area contributed by atoms with E-state index in [1.54, 1.807) is 6.92 Å². The lowest BCUT2D eigenvalue weighted by molar-refractivity contribution is -0.120. The van der Waals surface area contributed by atoms with Gasteiger partial charge < -0.3 is 15.4 Å². The Morgan fingerprint density at radius 3 is 2.67 bits per heavy atom. The zero-order chi connectivity index (χ0) is 17.5. The molecular weight excluding hydrogens is 306 g/mol. The minimum absolute atomic E-state index is 0.0200. The van der Waals surface area contributed by atoms with E-state index in [4.69, 9.17) is 4.74 Å². The first-order valence-corrected chi connectivity index (χ1v) is 8.48. The Labute approximate surface area is 143 Å². The highest BCUT2D eigenvalue weighted by Gasteiger charge is 2.21. The van der Waals surface area contributed by atoms with Crippen molar-refractivity contribution in [1.82, 2.24) is 10.6 Å². The summed E-state index contributed by atoms with van der Waals surface area (Å²) in [5.74, 6) is 0.371. The monoisotopic (exact) mass is 333 g/mol. The van der Waals surface area contributed by atoms with Crippen LogP contribution in [0, 0.1) is 5.92 Å². The summed E-state index contributed by atoms with van der Waals surface area (Å²) in [6.07, 6.45) is 2.55. The zero-order valence-electron chi connectivity index (χ0n) is 14.6. The van der Waals surface area contributed by atoms with Crippen LogP contribution in [0.4, 0.5) is 10.5 Å². The molecule has 3 N–H and O–H groups in total. The van der Waals surface area contributed by atoms with Gasteiger partial charge in [-0.2, -0.15) is 0 Å². The lowest BCUT2D eigenvalue weighted by Gasteiger charge is -2.16. The number of carbonyl (C=O) groups excluding carboxylic acids is 2. The summed E-state index contributed by atoms with van der Waals surface area (Å²) in [6, 6.07) is 6.75. The second-order valence-electron chi connectivity index (χ2n) is 6.64. The van der Waals surface area contributed by atoms with Gasteiger partial charge in [0.2, 0.25) is 5.91 Å². The highest BCUT2D eigenvalue weighted by atomic mass is 16.5. The van der Waals surface area contributed by atoms with E-state index in [9.17, 15) is 9.59 Å². The smallest absolute Gasteiger partial charge is 0.321 e. The molecule has 0 aromatic heterocycles. The number of urea groups is 1. The number of rotatable bonds is 8. The molecule has 1 unspecified atom stereocenters. The van der Waals surface area contributed by atoms with Gasteiger partial charge in [-0.25, -0.2) is 4.79 Å². The molecule has 0 bridgehead atoms. The van der Waals surface area contributed by atoms with Crippen LogP contribution in [0.1, 0.15) is 39.2 Å². The van der Waals surface area contributed by atoms with Crippen molar-refractivity contribution >= 4 is 17.6 Å². The molecule has 0 spiro atoms.